The molecule has 0 aromatic rings. The van der Waals surface area contributed by atoms with Crippen LogP contribution in [0.2, 0.25) is 0 Å². The van der Waals surface area contributed by atoms with E-state index >= 15 is 0 Å². The van der Waals surface area contributed by atoms with Crippen LogP contribution in [0.15, 0.2) is 0 Å². The molecule has 0 radical (unpaired) electrons. The molecule has 4 heteroatoms. The van der Waals surface area contributed by atoms with Crippen molar-refractivity contribution in [1.29, 1.82) is 0 Å². The Morgan fingerprint density at radius 3 is 2.65 bits per heavy atom. The van der Waals surface area contributed by atoms with E-state index in [0.717, 1.165) is 38.2 Å². The quantitative estimate of drug-likeness (QED) is 0.728. The average Bonchev–Trinajstić information content (AvgIpc) is 2.83. The summed E-state index contributed by atoms with van der Waals surface area (Å²) in [7, 11) is 2.22. The average molecular weight is 306 g/mol. The molecule has 1 unspecified atom stereocenters. The Morgan fingerprint density at radius 2 is 2.06 bits per heavy atom. The number of hydrogen-bond donors (Lipinski definition) is 0. The van der Waals surface area contributed by atoms with E-state index in [1.165, 1.54) is 25.7 Å². The van der Waals surface area contributed by atoms with Crippen LogP contribution in [0.5, 0.6) is 0 Å². The largest absolute Gasteiger partial charge is 0.381 e. The Balaban J connectivity index is 1.80. The lowest BCUT2D eigenvalue weighted by Crippen LogP contribution is -2.43. The molecular weight excluding hydrogens is 282 g/mol. The van der Waals surface area contributed by atoms with Gasteiger partial charge >= 0.3 is 0 Å². The van der Waals surface area contributed by atoms with Gasteiger partial charge in [0.05, 0.1) is 6.10 Å². The summed E-state index contributed by atoms with van der Waals surface area (Å²) in [6.07, 6.45) is 5.28. The number of rotatable bonds is 5. The number of likely N-dealkylation sites (N-methyl/N-ethyl adjacent to an activating group) is 1. The minimum atomic E-state index is 0.408. The van der Waals surface area contributed by atoms with Gasteiger partial charge in [-0.05, 0) is 38.1 Å². The van der Waals surface area contributed by atoms with Crippen molar-refractivity contribution in [3.8, 4) is 0 Å². The number of halogens is 1. The Hall–Kier alpha value is 0.360. The smallest absolute Gasteiger partial charge is 0.0702 e. The van der Waals surface area contributed by atoms with E-state index in [-0.39, 0.29) is 0 Å². The highest BCUT2D eigenvalue weighted by Gasteiger charge is 2.33. The van der Waals surface area contributed by atoms with Crippen molar-refractivity contribution in [3.05, 3.63) is 0 Å². The second-order valence-electron chi connectivity index (χ2n) is 5.58. The molecule has 100 valence electrons. The Kier molecular flexibility index (Phi) is 5.27. The number of nitrogens with zero attached hydrogens (tertiary/aromatic N) is 1. The zero-order valence-electron chi connectivity index (χ0n) is 10.8. The van der Waals surface area contributed by atoms with Gasteiger partial charge in [0.25, 0.3) is 0 Å². The van der Waals surface area contributed by atoms with Crippen LogP contribution in [-0.4, -0.2) is 56.3 Å². The number of alkyl halides is 1. The standard InChI is InChI=1S/C13H24BrNO2/c1-15(9-12-3-2-6-17-12)11-13(10-14)4-7-16-8-5-13/h12H,2-11H2,1H3. The van der Waals surface area contributed by atoms with Crippen LogP contribution < -0.4 is 0 Å². The fraction of sp³-hybridized carbons (Fsp3) is 1.00. The van der Waals surface area contributed by atoms with Crippen molar-refractivity contribution >= 4 is 15.9 Å². The predicted molar refractivity (Wildman–Crippen MR) is 72.8 cm³/mol. The summed E-state index contributed by atoms with van der Waals surface area (Å²) in [4.78, 5) is 2.45. The van der Waals surface area contributed by atoms with E-state index in [0.29, 0.717) is 11.5 Å². The lowest BCUT2D eigenvalue weighted by Gasteiger charge is -2.39. The van der Waals surface area contributed by atoms with Crippen LogP contribution in [0.3, 0.4) is 0 Å². The van der Waals surface area contributed by atoms with E-state index in [1.807, 2.05) is 0 Å². The molecule has 0 aromatic heterocycles. The van der Waals surface area contributed by atoms with Gasteiger partial charge in [0.15, 0.2) is 0 Å². The van der Waals surface area contributed by atoms with Crippen molar-refractivity contribution in [2.45, 2.75) is 31.8 Å². The molecule has 0 N–H and O–H groups in total. The zero-order chi connectivity index (χ0) is 12.1. The highest BCUT2D eigenvalue weighted by Crippen LogP contribution is 2.33. The van der Waals surface area contributed by atoms with Gasteiger partial charge in [0.1, 0.15) is 0 Å². The molecule has 2 fully saturated rings. The molecule has 2 aliphatic heterocycles. The first-order valence-electron chi connectivity index (χ1n) is 6.68. The summed E-state index contributed by atoms with van der Waals surface area (Å²) in [6, 6.07) is 0. The summed E-state index contributed by atoms with van der Waals surface area (Å²) in [6.45, 7) is 5.02. The SMILES string of the molecule is CN(CC1CCCO1)CC1(CBr)CCOCC1. The lowest BCUT2D eigenvalue weighted by atomic mass is 9.82. The van der Waals surface area contributed by atoms with Crippen molar-refractivity contribution in [2.75, 3.05) is 45.3 Å². The second kappa shape index (κ2) is 6.50. The molecule has 1 atom stereocenters. The third-order valence-electron chi connectivity index (χ3n) is 3.98. The minimum absolute atomic E-state index is 0.408. The van der Waals surface area contributed by atoms with E-state index < -0.39 is 0 Å². The molecule has 2 rings (SSSR count). The van der Waals surface area contributed by atoms with Crippen molar-refractivity contribution in [2.24, 2.45) is 5.41 Å². The van der Waals surface area contributed by atoms with Crippen molar-refractivity contribution in [3.63, 3.8) is 0 Å². The van der Waals surface area contributed by atoms with E-state index in [2.05, 4.69) is 27.9 Å². The Morgan fingerprint density at radius 1 is 1.29 bits per heavy atom. The van der Waals surface area contributed by atoms with Crippen LogP contribution >= 0.6 is 15.9 Å². The first-order chi connectivity index (χ1) is 8.24. The molecule has 0 aliphatic carbocycles. The fourth-order valence-corrected chi connectivity index (χ4v) is 3.65. The van der Waals surface area contributed by atoms with Gasteiger partial charge in [-0.15, -0.1) is 0 Å². The molecule has 0 spiro atoms. The summed E-state index contributed by atoms with van der Waals surface area (Å²) in [5.41, 5.74) is 0.408. The zero-order valence-corrected chi connectivity index (χ0v) is 12.4. The maximum Gasteiger partial charge on any atom is 0.0702 e. The summed E-state index contributed by atoms with van der Waals surface area (Å²) < 4.78 is 11.2. The van der Waals surface area contributed by atoms with E-state index in [4.69, 9.17) is 9.47 Å². The Bertz CT molecular complexity index is 225. The maximum atomic E-state index is 5.70. The lowest BCUT2D eigenvalue weighted by molar-refractivity contribution is 0.00302. The molecule has 2 aliphatic rings. The first kappa shape index (κ1) is 13.8. The van der Waals surface area contributed by atoms with Gasteiger partial charge in [-0.1, -0.05) is 15.9 Å². The van der Waals surface area contributed by atoms with Gasteiger partial charge in [-0.2, -0.15) is 0 Å². The topological polar surface area (TPSA) is 21.7 Å². The Labute approximate surface area is 113 Å². The highest BCUT2D eigenvalue weighted by atomic mass is 79.9. The normalized spacial score (nSPS) is 28.8. The van der Waals surface area contributed by atoms with Crippen LogP contribution in [-0.2, 0) is 9.47 Å². The van der Waals surface area contributed by atoms with Gasteiger partial charge < -0.3 is 14.4 Å². The molecular formula is C13H24BrNO2. The molecule has 0 aromatic carbocycles. The van der Waals surface area contributed by atoms with E-state index in [1.54, 1.807) is 0 Å². The van der Waals surface area contributed by atoms with Crippen molar-refractivity contribution < 1.29 is 9.47 Å². The predicted octanol–water partition coefficient (Wildman–Crippen LogP) is 2.29. The fourth-order valence-electron chi connectivity index (χ4n) is 2.91. The van der Waals surface area contributed by atoms with Crippen LogP contribution in [0, 0.1) is 5.41 Å². The summed E-state index contributed by atoms with van der Waals surface area (Å²) in [5.74, 6) is 0. The van der Waals surface area contributed by atoms with Crippen LogP contribution in [0.1, 0.15) is 25.7 Å². The monoisotopic (exact) mass is 305 g/mol. The summed E-state index contributed by atoms with van der Waals surface area (Å²) >= 11 is 3.70. The number of hydrogen-bond acceptors (Lipinski definition) is 3. The molecule has 2 saturated heterocycles. The highest BCUT2D eigenvalue weighted by molar-refractivity contribution is 9.09. The van der Waals surface area contributed by atoms with Crippen LogP contribution in [0.4, 0.5) is 0 Å². The number of ether oxygens (including phenoxy) is 2. The van der Waals surface area contributed by atoms with Gasteiger partial charge in [-0.25, -0.2) is 0 Å². The van der Waals surface area contributed by atoms with Gasteiger partial charge in [-0.3, -0.25) is 0 Å². The first-order valence-corrected chi connectivity index (χ1v) is 7.80. The molecule has 2 heterocycles. The minimum Gasteiger partial charge on any atom is -0.381 e. The maximum absolute atomic E-state index is 5.70. The van der Waals surface area contributed by atoms with Crippen molar-refractivity contribution in [1.82, 2.24) is 4.90 Å². The van der Waals surface area contributed by atoms with Crippen LogP contribution in [0.25, 0.3) is 0 Å². The third-order valence-corrected chi connectivity index (χ3v) is 5.17. The molecule has 0 saturated carbocycles. The molecule has 3 nitrogen and oxygen atoms in total. The molecule has 0 bridgehead atoms. The molecule has 17 heavy (non-hydrogen) atoms. The van der Waals surface area contributed by atoms with E-state index in [9.17, 15) is 0 Å². The molecule has 0 amide bonds. The van der Waals surface area contributed by atoms with Gasteiger partial charge in [0.2, 0.25) is 0 Å². The second-order valence-corrected chi connectivity index (χ2v) is 6.14. The summed E-state index contributed by atoms with van der Waals surface area (Å²) in [5, 5.41) is 1.08. The third kappa shape index (κ3) is 3.91. The van der Waals surface area contributed by atoms with Gasteiger partial charge in [0, 0.05) is 38.2 Å².